The third-order valence-electron chi connectivity index (χ3n) is 1.79. The third kappa shape index (κ3) is 5.93. The second-order valence-electron chi connectivity index (χ2n) is 3.36. The number of aliphatic carboxylic acids is 1. The highest BCUT2D eigenvalue weighted by atomic mass is 19.3. The Labute approximate surface area is 94.2 Å². The Morgan fingerprint density at radius 1 is 1.29 bits per heavy atom. The molecule has 0 heterocycles. The number of carboxylic acids is 1. The largest absolute Gasteiger partial charge is 0.481 e. The molecule has 100 valence electrons. The molecule has 0 aromatic rings. The molecule has 0 bridgehead atoms. The van der Waals surface area contributed by atoms with E-state index in [4.69, 9.17) is 5.11 Å². The molecule has 0 aliphatic rings. The van der Waals surface area contributed by atoms with E-state index in [1.54, 1.807) is 0 Å². The van der Waals surface area contributed by atoms with E-state index in [-0.39, 0.29) is 6.54 Å². The summed E-state index contributed by atoms with van der Waals surface area (Å²) in [7, 11) is 0. The van der Waals surface area contributed by atoms with Gasteiger partial charge in [-0.05, 0) is 0 Å². The lowest BCUT2D eigenvalue weighted by Crippen LogP contribution is -2.46. The molecule has 0 aliphatic carbocycles. The fourth-order valence-corrected chi connectivity index (χ4v) is 0.671. The molecule has 5 nitrogen and oxygen atoms in total. The highest BCUT2D eigenvalue weighted by Crippen LogP contribution is 2.21. The molecule has 0 aliphatic heterocycles. The normalized spacial score (nSPS) is 13.3. The molecular weight excluding hydrogens is 248 g/mol. The van der Waals surface area contributed by atoms with Gasteiger partial charge < -0.3 is 15.7 Å². The summed E-state index contributed by atoms with van der Waals surface area (Å²) in [6, 6.07) is -1.13. The molecular formula is C8H12F4N2O3. The Balaban J connectivity index is 3.93. The van der Waals surface area contributed by atoms with Crippen molar-refractivity contribution in [3.8, 4) is 0 Å². The minimum atomic E-state index is -4.31. The summed E-state index contributed by atoms with van der Waals surface area (Å²) in [5.41, 5.74) is 0. The van der Waals surface area contributed by atoms with Crippen LogP contribution in [-0.2, 0) is 4.79 Å². The summed E-state index contributed by atoms with van der Waals surface area (Å²) in [5.74, 6) is -6.39. The second kappa shape index (κ2) is 6.26. The summed E-state index contributed by atoms with van der Waals surface area (Å²) in [5, 5.41) is 11.9. The number of nitrogens with one attached hydrogen (secondary N) is 2. The zero-order valence-corrected chi connectivity index (χ0v) is 8.84. The lowest BCUT2D eigenvalue weighted by molar-refractivity contribution is -0.140. The van der Waals surface area contributed by atoms with Gasteiger partial charge in [0.1, 0.15) is 0 Å². The zero-order chi connectivity index (χ0) is 13.6. The Hall–Kier alpha value is -1.54. The van der Waals surface area contributed by atoms with Gasteiger partial charge >= 0.3 is 24.3 Å². The minimum Gasteiger partial charge on any atom is -0.481 e. The summed E-state index contributed by atoms with van der Waals surface area (Å²) in [6.45, 7) is -0.518. The van der Waals surface area contributed by atoms with Crippen molar-refractivity contribution in [3.63, 3.8) is 0 Å². The van der Waals surface area contributed by atoms with Crippen LogP contribution >= 0.6 is 0 Å². The first-order chi connectivity index (χ1) is 7.66. The molecule has 0 aromatic carbocycles. The number of urea groups is 1. The molecule has 3 N–H and O–H groups in total. The number of alkyl halides is 4. The third-order valence-corrected chi connectivity index (χ3v) is 1.79. The molecule has 0 rings (SSSR count). The maximum absolute atomic E-state index is 12.3. The van der Waals surface area contributed by atoms with Crippen LogP contribution in [0, 0.1) is 5.92 Å². The standard InChI is InChI=1S/C8H12F4N2O3/c1-4(5(15)16)2-13-7(17)14-3-8(11,12)6(9)10/h4,6H,2-3H2,1H3,(H,15,16)(H2,13,14,17). The molecule has 17 heavy (non-hydrogen) atoms. The SMILES string of the molecule is CC(CNC(=O)NCC(F)(F)C(F)F)C(=O)O. The van der Waals surface area contributed by atoms with Gasteiger partial charge in [0.15, 0.2) is 0 Å². The van der Waals surface area contributed by atoms with Gasteiger partial charge in [0.05, 0.1) is 12.5 Å². The molecule has 1 unspecified atom stereocenters. The van der Waals surface area contributed by atoms with Crippen LogP contribution in [0.4, 0.5) is 22.4 Å². The van der Waals surface area contributed by atoms with Crippen molar-refractivity contribution in [2.24, 2.45) is 5.92 Å². The minimum absolute atomic E-state index is 0.290. The quantitative estimate of drug-likeness (QED) is 0.621. The summed E-state index contributed by atoms with van der Waals surface area (Å²) < 4.78 is 48.1. The van der Waals surface area contributed by atoms with Crippen LogP contribution < -0.4 is 10.6 Å². The fraction of sp³-hybridized carbons (Fsp3) is 0.750. The number of amides is 2. The van der Waals surface area contributed by atoms with E-state index >= 15 is 0 Å². The topological polar surface area (TPSA) is 78.4 Å². The highest BCUT2D eigenvalue weighted by Gasteiger charge is 2.40. The van der Waals surface area contributed by atoms with Gasteiger partial charge in [-0.25, -0.2) is 13.6 Å². The molecule has 0 fully saturated rings. The van der Waals surface area contributed by atoms with Gasteiger partial charge in [-0.3, -0.25) is 4.79 Å². The molecule has 0 radical (unpaired) electrons. The number of rotatable bonds is 6. The predicted octanol–water partition coefficient (Wildman–Crippen LogP) is 0.907. The van der Waals surface area contributed by atoms with E-state index in [9.17, 15) is 27.2 Å². The van der Waals surface area contributed by atoms with E-state index in [0.717, 1.165) is 0 Å². The van der Waals surface area contributed by atoms with Gasteiger partial charge in [0.2, 0.25) is 0 Å². The second-order valence-corrected chi connectivity index (χ2v) is 3.36. The van der Waals surface area contributed by atoms with Crippen molar-refractivity contribution >= 4 is 12.0 Å². The number of carboxylic acid groups (broad SMARTS) is 1. The first-order valence-corrected chi connectivity index (χ1v) is 4.57. The van der Waals surface area contributed by atoms with Crippen molar-refractivity contribution < 1.29 is 32.3 Å². The van der Waals surface area contributed by atoms with E-state index in [1.165, 1.54) is 12.2 Å². The zero-order valence-electron chi connectivity index (χ0n) is 8.84. The Morgan fingerprint density at radius 2 is 1.82 bits per heavy atom. The van der Waals surface area contributed by atoms with Crippen molar-refractivity contribution in [3.05, 3.63) is 0 Å². The Morgan fingerprint density at radius 3 is 2.24 bits per heavy atom. The predicted molar refractivity (Wildman–Crippen MR) is 49.2 cm³/mol. The summed E-state index contributed by atoms with van der Waals surface area (Å²) >= 11 is 0. The van der Waals surface area contributed by atoms with E-state index < -0.39 is 36.8 Å². The van der Waals surface area contributed by atoms with E-state index in [0.29, 0.717) is 0 Å². The number of hydrogen-bond donors (Lipinski definition) is 3. The average molecular weight is 260 g/mol. The molecule has 0 saturated heterocycles. The van der Waals surface area contributed by atoms with Gasteiger partial charge in [0, 0.05) is 6.54 Å². The van der Waals surface area contributed by atoms with E-state index in [1.807, 2.05) is 5.32 Å². The maximum atomic E-state index is 12.3. The van der Waals surface area contributed by atoms with Crippen molar-refractivity contribution in [2.75, 3.05) is 13.1 Å². The molecule has 2 amide bonds. The molecule has 1 atom stereocenters. The summed E-state index contributed by atoms with van der Waals surface area (Å²) in [6.07, 6.45) is -3.87. The van der Waals surface area contributed by atoms with Crippen LogP contribution in [0.1, 0.15) is 6.92 Å². The van der Waals surface area contributed by atoms with Crippen LogP contribution in [0.5, 0.6) is 0 Å². The average Bonchev–Trinajstić information content (AvgIpc) is 2.22. The number of carbonyl (C=O) groups is 2. The van der Waals surface area contributed by atoms with Crippen LogP contribution in [0.2, 0.25) is 0 Å². The monoisotopic (exact) mass is 260 g/mol. The molecule has 0 saturated carbocycles. The van der Waals surface area contributed by atoms with Gasteiger partial charge in [-0.1, -0.05) is 6.92 Å². The molecule has 0 aromatic heterocycles. The molecule has 0 spiro atoms. The Bertz CT molecular complexity index is 286. The van der Waals surface area contributed by atoms with Crippen molar-refractivity contribution in [2.45, 2.75) is 19.3 Å². The lowest BCUT2D eigenvalue weighted by Gasteiger charge is -2.16. The van der Waals surface area contributed by atoms with Crippen LogP contribution in [0.15, 0.2) is 0 Å². The number of halogens is 4. The van der Waals surface area contributed by atoms with Crippen molar-refractivity contribution in [1.29, 1.82) is 0 Å². The summed E-state index contributed by atoms with van der Waals surface area (Å²) in [4.78, 5) is 21.2. The maximum Gasteiger partial charge on any atom is 0.324 e. The van der Waals surface area contributed by atoms with Crippen LogP contribution in [-0.4, -0.2) is 42.5 Å². The van der Waals surface area contributed by atoms with Gasteiger partial charge in [0.25, 0.3) is 0 Å². The van der Waals surface area contributed by atoms with Gasteiger partial charge in [-0.15, -0.1) is 0 Å². The highest BCUT2D eigenvalue weighted by molar-refractivity contribution is 5.75. The van der Waals surface area contributed by atoms with Crippen LogP contribution in [0.3, 0.4) is 0 Å². The fourth-order valence-electron chi connectivity index (χ4n) is 0.671. The lowest BCUT2D eigenvalue weighted by atomic mass is 10.2. The number of carbonyl (C=O) groups excluding carboxylic acids is 1. The van der Waals surface area contributed by atoms with Crippen molar-refractivity contribution in [1.82, 2.24) is 10.6 Å². The smallest absolute Gasteiger partial charge is 0.324 e. The first-order valence-electron chi connectivity index (χ1n) is 4.57. The molecule has 9 heteroatoms. The van der Waals surface area contributed by atoms with Crippen LogP contribution in [0.25, 0.3) is 0 Å². The Kier molecular flexibility index (Phi) is 5.69. The first kappa shape index (κ1) is 15.5. The van der Waals surface area contributed by atoms with Gasteiger partial charge in [-0.2, -0.15) is 8.78 Å². The van der Waals surface area contributed by atoms with E-state index in [2.05, 4.69) is 0 Å². The number of hydrogen-bond acceptors (Lipinski definition) is 2.